The first-order valence-electron chi connectivity index (χ1n) is 9.65. The van der Waals surface area contributed by atoms with Gasteiger partial charge < -0.3 is 4.90 Å². The molecule has 1 aliphatic heterocycles. The molecule has 0 N–H and O–H groups in total. The molecule has 0 unspecified atom stereocenters. The summed E-state index contributed by atoms with van der Waals surface area (Å²) in [6.45, 7) is 0.704. The third-order valence-corrected chi connectivity index (χ3v) is 5.40. The molecule has 0 spiro atoms. The van der Waals surface area contributed by atoms with E-state index >= 15 is 0 Å². The maximum absolute atomic E-state index is 13.4. The zero-order valence-corrected chi connectivity index (χ0v) is 15.7. The number of nitrogens with zero attached hydrogens (tertiary/aromatic N) is 2. The van der Waals surface area contributed by atoms with Crippen LogP contribution in [0.25, 0.3) is 0 Å². The van der Waals surface area contributed by atoms with Crippen molar-refractivity contribution in [3.8, 4) is 6.07 Å². The Morgan fingerprint density at radius 3 is 2.54 bits per heavy atom. The smallest absolute Gasteiger partial charge is 0.254 e. The third kappa shape index (κ3) is 3.68. The molecule has 1 atom stereocenters. The van der Waals surface area contributed by atoms with Gasteiger partial charge in [0.25, 0.3) is 5.91 Å². The van der Waals surface area contributed by atoms with E-state index in [1.54, 1.807) is 0 Å². The molecule has 3 aromatic carbocycles. The molecular weight excluding hydrogens is 344 g/mol. The minimum Gasteiger partial charge on any atom is -0.331 e. The number of hydrogen-bond acceptors (Lipinski definition) is 2. The molecule has 3 nitrogen and oxygen atoms in total. The predicted octanol–water partition coefficient (Wildman–Crippen LogP) is 4.73. The van der Waals surface area contributed by atoms with Crippen LogP contribution < -0.4 is 0 Å². The number of hydrogen-bond donors (Lipinski definition) is 0. The molecule has 0 aliphatic carbocycles. The van der Waals surface area contributed by atoms with Crippen LogP contribution in [0.3, 0.4) is 0 Å². The number of amides is 1. The van der Waals surface area contributed by atoms with E-state index in [4.69, 9.17) is 5.26 Å². The Kier molecular flexibility index (Phi) is 5.21. The summed E-state index contributed by atoms with van der Waals surface area (Å²) in [5.41, 5.74) is 5.32. The first-order chi connectivity index (χ1) is 13.8. The van der Waals surface area contributed by atoms with E-state index < -0.39 is 0 Å². The SMILES string of the molecule is N#CCc1cccc(C(=O)N2CCc3ccccc3[C@@H]2Cc2ccccc2)c1. The van der Waals surface area contributed by atoms with Gasteiger partial charge in [0.1, 0.15) is 0 Å². The van der Waals surface area contributed by atoms with Crippen molar-refractivity contribution in [3.63, 3.8) is 0 Å². The van der Waals surface area contributed by atoms with Gasteiger partial charge in [-0.3, -0.25) is 4.79 Å². The van der Waals surface area contributed by atoms with Gasteiger partial charge in [0, 0.05) is 12.1 Å². The van der Waals surface area contributed by atoms with E-state index in [-0.39, 0.29) is 11.9 Å². The summed E-state index contributed by atoms with van der Waals surface area (Å²) in [4.78, 5) is 15.4. The van der Waals surface area contributed by atoms with E-state index in [0.717, 1.165) is 18.4 Å². The van der Waals surface area contributed by atoms with Gasteiger partial charge in [0.15, 0.2) is 0 Å². The molecule has 0 fully saturated rings. The second kappa shape index (κ2) is 8.10. The topological polar surface area (TPSA) is 44.1 Å². The first-order valence-corrected chi connectivity index (χ1v) is 9.65. The standard InChI is InChI=1S/C25H22N2O/c26-15-13-20-9-6-11-22(17-20)25(28)27-16-14-21-10-4-5-12-23(21)24(27)18-19-7-2-1-3-8-19/h1-12,17,24H,13-14,16,18H2/t24-/m0/s1. The fraction of sp³-hybridized carbons (Fsp3) is 0.200. The molecule has 0 saturated heterocycles. The molecule has 28 heavy (non-hydrogen) atoms. The van der Waals surface area contributed by atoms with E-state index in [1.807, 2.05) is 47.4 Å². The van der Waals surface area contributed by atoms with Crippen LogP contribution in [0, 0.1) is 11.3 Å². The second-order valence-electron chi connectivity index (χ2n) is 7.19. The maximum atomic E-state index is 13.4. The van der Waals surface area contributed by atoms with Crippen molar-refractivity contribution in [1.82, 2.24) is 4.90 Å². The molecule has 0 aromatic heterocycles. The van der Waals surface area contributed by atoms with Crippen LogP contribution in [0.15, 0.2) is 78.9 Å². The highest BCUT2D eigenvalue weighted by Gasteiger charge is 2.31. The summed E-state index contributed by atoms with van der Waals surface area (Å²) in [5, 5.41) is 8.97. The van der Waals surface area contributed by atoms with Crippen molar-refractivity contribution >= 4 is 5.91 Å². The molecule has 1 heterocycles. The summed E-state index contributed by atoms with van der Waals surface area (Å²) in [5.74, 6) is 0.0372. The van der Waals surface area contributed by atoms with Crippen molar-refractivity contribution in [2.45, 2.75) is 25.3 Å². The fourth-order valence-corrected chi connectivity index (χ4v) is 4.02. The van der Waals surface area contributed by atoms with E-state index in [9.17, 15) is 4.79 Å². The Bertz CT molecular complexity index is 1020. The van der Waals surface area contributed by atoms with Crippen molar-refractivity contribution in [3.05, 3.63) is 107 Å². The summed E-state index contributed by atoms with van der Waals surface area (Å²) in [7, 11) is 0. The van der Waals surface area contributed by atoms with Crippen LogP contribution in [0.2, 0.25) is 0 Å². The van der Waals surface area contributed by atoms with Gasteiger partial charge in [-0.15, -0.1) is 0 Å². The van der Waals surface area contributed by atoms with E-state index in [2.05, 4.69) is 42.5 Å². The lowest BCUT2D eigenvalue weighted by molar-refractivity contribution is 0.0660. The van der Waals surface area contributed by atoms with Crippen LogP contribution in [0.1, 0.15) is 38.7 Å². The average Bonchev–Trinajstić information content (AvgIpc) is 2.75. The first kappa shape index (κ1) is 18.0. The summed E-state index contributed by atoms with van der Waals surface area (Å²) in [6, 6.07) is 28.4. The lowest BCUT2D eigenvalue weighted by atomic mass is 9.88. The normalized spacial score (nSPS) is 15.5. The number of nitriles is 1. The minimum absolute atomic E-state index is 0.0134. The van der Waals surface area contributed by atoms with Crippen LogP contribution in [-0.4, -0.2) is 17.4 Å². The average molecular weight is 366 g/mol. The van der Waals surface area contributed by atoms with Crippen molar-refractivity contribution < 1.29 is 4.79 Å². The molecule has 138 valence electrons. The van der Waals surface area contributed by atoms with Gasteiger partial charge in [-0.1, -0.05) is 66.7 Å². The summed E-state index contributed by atoms with van der Waals surface area (Å²) >= 11 is 0. The molecule has 0 saturated carbocycles. The molecule has 3 aromatic rings. The van der Waals surface area contributed by atoms with Crippen LogP contribution in [0.5, 0.6) is 0 Å². The van der Waals surface area contributed by atoms with Crippen LogP contribution in [0.4, 0.5) is 0 Å². The molecule has 0 radical (unpaired) electrons. The van der Waals surface area contributed by atoms with E-state index in [0.29, 0.717) is 18.5 Å². The Hall–Kier alpha value is -3.38. The Morgan fingerprint density at radius 1 is 0.964 bits per heavy atom. The molecule has 3 heteroatoms. The highest BCUT2D eigenvalue weighted by molar-refractivity contribution is 5.95. The van der Waals surface area contributed by atoms with Gasteiger partial charge in [-0.05, 0) is 47.2 Å². The molecular formula is C25H22N2O. The Morgan fingerprint density at radius 2 is 1.71 bits per heavy atom. The minimum atomic E-state index is 0.0134. The Balaban J connectivity index is 1.69. The summed E-state index contributed by atoms with van der Waals surface area (Å²) < 4.78 is 0. The predicted molar refractivity (Wildman–Crippen MR) is 110 cm³/mol. The van der Waals surface area contributed by atoms with Gasteiger partial charge in [-0.25, -0.2) is 0 Å². The fourth-order valence-electron chi connectivity index (χ4n) is 4.02. The molecule has 4 rings (SSSR count). The van der Waals surface area contributed by atoms with Crippen molar-refractivity contribution in [1.29, 1.82) is 5.26 Å². The number of carbonyl (C=O) groups excluding carboxylic acids is 1. The third-order valence-electron chi connectivity index (χ3n) is 5.40. The lowest BCUT2D eigenvalue weighted by Gasteiger charge is -2.38. The van der Waals surface area contributed by atoms with E-state index in [1.165, 1.54) is 16.7 Å². The highest BCUT2D eigenvalue weighted by Crippen LogP contribution is 2.33. The quantitative estimate of drug-likeness (QED) is 0.670. The molecule has 1 aliphatic rings. The van der Waals surface area contributed by atoms with Crippen molar-refractivity contribution in [2.75, 3.05) is 6.54 Å². The summed E-state index contributed by atoms with van der Waals surface area (Å²) in [6.07, 6.45) is 1.98. The monoisotopic (exact) mass is 366 g/mol. The number of rotatable bonds is 4. The van der Waals surface area contributed by atoms with Gasteiger partial charge in [0.05, 0.1) is 18.5 Å². The number of benzene rings is 3. The zero-order valence-electron chi connectivity index (χ0n) is 15.7. The van der Waals surface area contributed by atoms with Crippen molar-refractivity contribution in [2.24, 2.45) is 0 Å². The highest BCUT2D eigenvalue weighted by atomic mass is 16.2. The largest absolute Gasteiger partial charge is 0.331 e. The molecule has 0 bridgehead atoms. The lowest BCUT2D eigenvalue weighted by Crippen LogP contribution is -2.41. The van der Waals surface area contributed by atoms with Crippen LogP contribution >= 0.6 is 0 Å². The zero-order chi connectivity index (χ0) is 19.3. The maximum Gasteiger partial charge on any atom is 0.254 e. The number of carbonyl (C=O) groups is 1. The Labute approximate surface area is 165 Å². The molecule has 1 amide bonds. The van der Waals surface area contributed by atoms with Gasteiger partial charge in [-0.2, -0.15) is 5.26 Å². The van der Waals surface area contributed by atoms with Crippen LogP contribution in [-0.2, 0) is 19.3 Å². The number of fused-ring (bicyclic) bond motifs is 1. The van der Waals surface area contributed by atoms with Gasteiger partial charge in [0.2, 0.25) is 0 Å². The van der Waals surface area contributed by atoms with Gasteiger partial charge >= 0.3 is 0 Å². The second-order valence-corrected chi connectivity index (χ2v) is 7.19.